The summed E-state index contributed by atoms with van der Waals surface area (Å²) in [5.74, 6) is 0.773. The second-order valence-corrected chi connectivity index (χ2v) is 9.21. The molecule has 1 aromatic carbocycles. The number of fused-ring (bicyclic) bond motifs is 1. The smallest absolute Gasteiger partial charge is 0.261 e. The van der Waals surface area contributed by atoms with Crippen molar-refractivity contribution in [2.45, 2.75) is 13.1 Å². The molecule has 1 N–H and O–H groups in total. The van der Waals surface area contributed by atoms with E-state index in [1.54, 1.807) is 15.9 Å². The van der Waals surface area contributed by atoms with Crippen LogP contribution in [0, 0.1) is 0 Å². The molecule has 0 fully saturated rings. The molecule has 0 radical (unpaired) electrons. The van der Waals surface area contributed by atoms with E-state index in [2.05, 4.69) is 0 Å². The van der Waals surface area contributed by atoms with Crippen molar-refractivity contribution in [1.82, 2.24) is 14.5 Å². The molecule has 0 unspecified atom stereocenters. The molecule has 27 heavy (non-hydrogen) atoms. The van der Waals surface area contributed by atoms with Crippen LogP contribution in [0.25, 0.3) is 21.5 Å². The first-order valence-corrected chi connectivity index (χ1v) is 10.6. The highest BCUT2D eigenvalue weighted by Crippen LogP contribution is 2.31. The van der Waals surface area contributed by atoms with Gasteiger partial charge in [0.05, 0.1) is 46.5 Å². The Labute approximate surface area is 169 Å². The molecule has 5 nitrogen and oxygen atoms in total. The van der Waals surface area contributed by atoms with Gasteiger partial charge in [0.2, 0.25) is 0 Å². The van der Waals surface area contributed by atoms with Crippen LogP contribution in [-0.4, -0.2) is 28.6 Å². The van der Waals surface area contributed by atoms with E-state index in [9.17, 15) is 4.79 Å². The second-order valence-electron chi connectivity index (χ2n) is 6.55. The van der Waals surface area contributed by atoms with Crippen LogP contribution < -0.4 is 10.5 Å². The Morgan fingerprint density at radius 3 is 2.70 bits per heavy atom. The Morgan fingerprint density at radius 1 is 1.15 bits per heavy atom. The van der Waals surface area contributed by atoms with Gasteiger partial charge in [-0.05, 0) is 24.3 Å². The fourth-order valence-corrected chi connectivity index (χ4v) is 4.77. The predicted octanol–water partition coefficient (Wildman–Crippen LogP) is 2.93. The standard InChI is InChI=1S/C19H17ClN4OS2/c1-23(2)9-17-21-13-6-4-3-5-12(13)19(25)24(17)10-18-22-14(11-26-18)15-7-8-16(20)27-15/h3-8,11H,9-10H2,1-2H3/p+1. The van der Waals surface area contributed by atoms with Gasteiger partial charge in [0, 0.05) is 5.38 Å². The van der Waals surface area contributed by atoms with Crippen LogP contribution in [0.3, 0.4) is 0 Å². The highest BCUT2D eigenvalue weighted by molar-refractivity contribution is 7.19. The predicted molar refractivity (Wildman–Crippen MR) is 112 cm³/mol. The summed E-state index contributed by atoms with van der Waals surface area (Å²) in [7, 11) is 4.10. The molecule has 138 valence electrons. The largest absolute Gasteiger partial charge is 0.334 e. The maximum absolute atomic E-state index is 13.1. The SMILES string of the molecule is C[NH+](C)Cc1nc2ccccc2c(=O)n1Cc1nc(-c2ccc(Cl)s2)cs1. The fraction of sp³-hybridized carbons (Fsp3) is 0.211. The normalized spacial score (nSPS) is 11.6. The van der Waals surface area contributed by atoms with E-state index in [4.69, 9.17) is 21.6 Å². The van der Waals surface area contributed by atoms with Crippen molar-refractivity contribution in [3.8, 4) is 10.6 Å². The average molecular weight is 418 g/mol. The Kier molecular flexibility index (Phi) is 5.10. The molecule has 8 heteroatoms. The van der Waals surface area contributed by atoms with Gasteiger partial charge in [-0.1, -0.05) is 23.7 Å². The van der Waals surface area contributed by atoms with Crippen LogP contribution in [0.5, 0.6) is 0 Å². The molecule has 0 saturated heterocycles. The van der Waals surface area contributed by atoms with Gasteiger partial charge in [0.1, 0.15) is 11.6 Å². The number of quaternary nitrogens is 1. The van der Waals surface area contributed by atoms with Gasteiger partial charge < -0.3 is 4.90 Å². The minimum Gasteiger partial charge on any atom is -0.334 e. The van der Waals surface area contributed by atoms with Crippen molar-refractivity contribution in [2.75, 3.05) is 14.1 Å². The van der Waals surface area contributed by atoms with Gasteiger partial charge in [0.25, 0.3) is 5.56 Å². The molecule has 0 saturated carbocycles. The number of para-hydroxylation sites is 1. The zero-order valence-electron chi connectivity index (χ0n) is 14.9. The number of nitrogens with one attached hydrogen (secondary N) is 1. The number of thiophene rings is 1. The lowest BCUT2D eigenvalue weighted by Crippen LogP contribution is -3.04. The number of benzene rings is 1. The molecule has 4 aromatic rings. The van der Waals surface area contributed by atoms with Gasteiger partial charge in [-0.15, -0.1) is 22.7 Å². The Bertz CT molecular complexity index is 1160. The molecule has 0 atom stereocenters. The lowest BCUT2D eigenvalue weighted by molar-refractivity contribution is -0.873. The van der Waals surface area contributed by atoms with Crippen molar-refractivity contribution in [1.29, 1.82) is 0 Å². The zero-order valence-corrected chi connectivity index (χ0v) is 17.3. The molecular formula is C19H18ClN4OS2+. The molecular weight excluding hydrogens is 400 g/mol. The number of hydrogen-bond donors (Lipinski definition) is 1. The third kappa shape index (κ3) is 3.82. The van der Waals surface area contributed by atoms with Crippen molar-refractivity contribution < 1.29 is 4.90 Å². The van der Waals surface area contributed by atoms with E-state index >= 15 is 0 Å². The quantitative estimate of drug-likeness (QED) is 0.543. The third-order valence-electron chi connectivity index (χ3n) is 4.12. The van der Waals surface area contributed by atoms with Crippen LogP contribution in [0.2, 0.25) is 4.34 Å². The van der Waals surface area contributed by atoms with E-state index < -0.39 is 0 Å². The van der Waals surface area contributed by atoms with Crippen LogP contribution in [0.1, 0.15) is 10.8 Å². The Morgan fingerprint density at radius 2 is 1.96 bits per heavy atom. The summed E-state index contributed by atoms with van der Waals surface area (Å²) in [6.07, 6.45) is 0. The maximum Gasteiger partial charge on any atom is 0.261 e. The topological polar surface area (TPSA) is 52.2 Å². The minimum atomic E-state index is -0.0206. The summed E-state index contributed by atoms with van der Waals surface area (Å²) in [5.41, 5.74) is 1.62. The van der Waals surface area contributed by atoms with Crippen LogP contribution in [0.15, 0.2) is 46.6 Å². The van der Waals surface area contributed by atoms with Crippen LogP contribution in [-0.2, 0) is 13.1 Å². The molecule has 0 aliphatic heterocycles. The first-order chi connectivity index (χ1) is 13.0. The molecule has 0 spiro atoms. The molecule has 3 heterocycles. The Hall–Kier alpha value is -2.06. The summed E-state index contributed by atoms with van der Waals surface area (Å²) in [5, 5.41) is 3.52. The number of hydrogen-bond acceptors (Lipinski definition) is 5. The van der Waals surface area contributed by atoms with E-state index in [-0.39, 0.29) is 5.56 Å². The summed E-state index contributed by atoms with van der Waals surface area (Å²) >= 11 is 9.08. The summed E-state index contributed by atoms with van der Waals surface area (Å²) in [4.78, 5) is 24.8. The van der Waals surface area contributed by atoms with Crippen molar-refractivity contribution in [3.05, 3.63) is 67.3 Å². The molecule has 4 rings (SSSR count). The summed E-state index contributed by atoms with van der Waals surface area (Å²) in [6.45, 7) is 1.09. The second kappa shape index (κ2) is 7.52. The van der Waals surface area contributed by atoms with E-state index in [0.717, 1.165) is 31.3 Å². The maximum atomic E-state index is 13.1. The highest BCUT2D eigenvalue weighted by atomic mass is 35.5. The fourth-order valence-electron chi connectivity index (χ4n) is 2.91. The lowest BCUT2D eigenvalue weighted by Gasteiger charge is -2.14. The Balaban J connectivity index is 1.75. The molecule has 0 bridgehead atoms. The number of thiazole rings is 1. The molecule has 0 aliphatic rings. The molecule has 0 amide bonds. The van der Waals surface area contributed by atoms with Gasteiger partial charge >= 0.3 is 0 Å². The van der Waals surface area contributed by atoms with Gasteiger partial charge in [-0.25, -0.2) is 9.97 Å². The zero-order chi connectivity index (χ0) is 19.0. The van der Waals surface area contributed by atoms with Gasteiger partial charge in [-0.3, -0.25) is 9.36 Å². The first-order valence-electron chi connectivity index (χ1n) is 8.49. The highest BCUT2D eigenvalue weighted by Gasteiger charge is 2.15. The van der Waals surface area contributed by atoms with Crippen LogP contribution >= 0.6 is 34.3 Å². The van der Waals surface area contributed by atoms with Gasteiger partial charge in [-0.2, -0.15) is 0 Å². The number of rotatable bonds is 5. The van der Waals surface area contributed by atoms with E-state index in [0.29, 0.717) is 18.5 Å². The monoisotopic (exact) mass is 417 g/mol. The number of nitrogens with zero attached hydrogens (tertiary/aromatic N) is 3. The van der Waals surface area contributed by atoms with Crippen molar-refractivity contribution in [3.63, 3.8) is 0 Å². The summed E-state index contributed by atoms with van der Waals surface area (Å²) < 4.78 is 2.49. The first kappa shape index (κ1) is 18.3. The van der Waals surface area contributed by atoms with Crippen molar-refractivity contribution >= 4 is 45.2 Å². The van der Waals surface area contributed by atoms with E-state index in [1.807, 2.05) is 55.9 Å². The van der Waals surface area contributed by atoms with Crippen LogP contribution in [0.4, 0.5) is 0 Å². The van der Waals surface area contributed by atoms with E-state index in [1.165, 1.54) is 16.2 Å². The molecule has 0 aliphatic carbocycles. The third-order valence-corrected chi connectivity index (χ3v) is 6.21. The number of halogens is 1. The number of aromatic nitrogens is 3. The molecule has 3 aromatic heterocycles. The van der Waals surface area contributed by atoms with Gasteiger partial charge in [0.15, 0.2) is 5.82 Å². The lowest BCUT2D eigenvalue weighted by atomic mass is 10.2. The average Bonchev–Trinajstić information content (AvgIpc) is 3.27. The van der Waals surface area contributed by atoms with Crippen molar-refractivity contribution in [2.24, 2.45) is 0 Å². The summed E-state index contributed by atoms with van der Waals surface area (Å²) in [6, 6.07) is 11.3. The minimum absolute atomic E-state index is 0.0206.